The summed E-state index contributed by atoms with van der Waals surface area (Å²) in [6.45, 7) is 0.429. The number of guanidine groups is 1. The highest BCUT2D eigenvalue weighted by Crippen LogP contribution is 2.21. The van der Waals surface area contributed by atoms with Gasteiger partial charge in [0.1, 0.15) is 5.75 Å². The minimum Gasteiger partial charge on any atom is -0.496 e. The van der Waals surface area contributed by atoms with E-state index in [1.807, 2.05) is 91.0 Å². The molecular formula is C29H31N9O2. The maximum atomic E-state index is 5.94. The number of nitrogens with two attached hydrogens (primary N) is 2. The van der Waals surface area contributed by atoms with E-state index >= 15 is 0 Å². The molecule has 0 aliphatic rings. The summed E-state index contributed by atoms with van der Waals surface area (Å²) < 4.78 is 10.0. The predicted molar refractivity (Wildman–Crippen MR) is 158 cm³/mol. The highest BCUT2D eigenvalue weighted by Gasteiger charge is 2.05. The number of rotatable bonds is 7. The van der Waals surface area contributed by atoms with Crippen molar-refractivity contribution in [3.8, 4) is 28.3 Å². The van der Waals surface area contributed by atoms with Crippen molar-refractivity contribution in [3.05, 3.63) is 103 Å². The van der Waals surface area contributed by atoms with Crippen LogP contribution in [0.25, 0.3) is 22.5 Å². The molecule has 0 amide bonds. The minimum atomic E-state index is 0.0890. The second-order valence-electron chi connectivity index (χ2n) is 8.33. The number of methoxy groups -OCH3 is 2. The molecule has 5 rings (SSSR count). The highest BCUT2D eigenvalue weighted by atomic mass is 16.5. The molecule has 0 unspecified atom stereocenters. The average Bonchev–Trinajstić information content (AvgIpc) is 3.67. The number of aromatic nitrogens is 4. The van der Waals surface area contributed by atoms with E-state index in [0.29, 0.717) is 24.1 Å². The molecule has 11 heteroatoms. The first kappa shape index (κ1) is 27.5. The molecule has 2 aromatic heterocycles. The summed E-state index contributed by atoms with van der Waals surface area (Å²) in [6, 6.07) is 31.3. The van der Waals surface area contributed by atoms with Crippen molar-refractivity contribution >= 4 is 23.6 Å². The van der Waals surface area contributed by atoms with Crippen molar-refractivity contribution in [3.63, 3.8) is 0 Å². The molecule has 11 nitrogen and oxygen atoms in total. The van der Waals surface area contributed by atoms with Gasteiger partial charge in [-0.05, 0) is 17.2 Å². The van der Waals surface area contributed by atoms with Gasteiger partial charge in [-0.15, -0.1) is 0 Å². The second-order valence-corrected chi connectivity index (χ2v) is 8.33. The van der Waals surface area contributed by atoms with Gasteiger partial charge < -0.3 is 26.3 Å². The van der Waals surface area contributed by atoms with Crippen molar-refractivity contribution < 1.29 is 9.47 Å². The molecule has 0 fully saturated rings. The Morgan fingerprint density at radius 1 is 0.800 bits per heavy atom. The molecule has 0 aliphatic heterocycles. The van der Waals surface area contributed by atoms with Gasteiger partial charge in [0.25, 0.3) is 6.02 Å². The third-order valence-electron chi connectivity index (χ3n) is 5.61. The first-order valence-electron chi connectivity index (χ1n) is 12.3. The molecule has 0 saturated heterocycles. The van der Waals surface area contributed by atoms with Crippen LogP contribution >= 0.6 is 0 Å². The smallest absolute Gasteiger partial charge is 0.288 e. The number of aromatic amines is 2. The fraction of sp³-hybridized carbons (Fsp3) is 0.103. The van der Waals surface area contributed by atoms with Gasteiger partial charge in [-0.1, -0.05) is 78.9 Å². The Kier molecular flexibility index (Phi) is 9.48. The molecule has 0 aliphatic carbocycles. The molecule has 204 valence electrons. The Hall–Kier alpha value is -5.58. The number of nitrogens with one attached hydrogen (secondary N) is 3. The van der Waals surface area contributed by atoms with E-state index in [1.165, 1.54) is 7.11 Å². The maximum Gasteiger partial charge on any atom is 0.288 e. The van der Waals surface area contributed by atoms with Gasteiger partial charge in [-0.3, -0.25) is 10.2 Å². The molecule has 7 N–H and O–H groups in total. The number of aliphatic imine (C=N–C) groups is 2. The minimum absolute atomic E-state index is 0.0890. The number of H-pyrrole nitrogens is 2. The average molecular weight is 538 g/mol. The van der Waals surface area contributed by atoms with E-state index in [4.69, 9.17) is 20.9 Å². The maximum absolute atomic E-state index is 5.94. The van der Waals surface area contributed by atoms with Crippen LogP contribution in [-0.2, 0) is 11.3 Å². The van der Waals surface area contributed by atoms with Crippen LogP contribution in [0.3, 0.4) is 0 Å². The third kappa shape index (κ3) is 7.71. The first-order chi connectivity index (χ1) is 19.6. The Morgan fingerprint density at radius 3 is 2.05 bits per heavy atom. The fourth-order valence-corrected chi connectivity index (χ4v) is 3.62. The Labute approximate surface area is 232 Å². The van der Waals surface area contributed by atoms with E-state index in [2.05, 4.69) is 35.7 Å². The van der Waals surface area contributed by atoms with E-state index in [1.54, 1.807) is 13.2 Å². The SMILES string of the molecule is COC(N)=Nc1cc(-c2ccccc2)[nH]n1.COc1ccccc1CN=C(N)Nc1cc(-c2ccccc2)[nH]n1. The Morgan fingerprint density at radius 2 is 1.40 bits per heavy atom. The van der Waals surface area contributed by atoms with Gasteiger partial charge in [-0.25, -0.2) is 4.99 Å². The highest BCUT2D eigenvalue weighted by molar-refractivity contribution is 5.91. The van der Waals surface area contributed by atoms with Gasteiger partial charge in [0, 0.05) is 17.7 Å². The summed E-state index contributed by atoms with van der Waals surface area (Å²) in [5, 5.41) is 17.1. The summed E-state index contributed by atoms with van der Waals surface area (Å²) in [7, 11) is 3.10. The number of benzene rings is 3. The number of hydrogen-bond acceptors (Lipinski definition) is 6. The number of amidine groups is 1. The van der Waals surface area contributed by atoms with Crippen molar-refractivity contribution in [2.24, 2.45) is 21.5 Å². The van der Waals surface area contributed by atoms with Gasteiger partial charge in [-0.2, -0.15) is 15.2 Å². The zero-order valence-corrected chi connectivity index (χ0v) is 22.2. The zero-order chi connectivity index (χ0) is 28.2. The normalized spacial score (nSPS) is 11.3. The molecule has 0 bridgehead atoms. The lowest BCUT2D eigenvalue weighted by Gasteiger charge is -2.06. The van der Waals surface area contributed by atoms with Crippen LogP contribution < -0.4 is 21.5 Å². The largest absolute Gasteiger partial charge is 0.496 e. The summed E-state index contributed by atoms with van der Waals surface area (Å²) in [6.07, 6.45) is 0. The molecular weight excluding hydrogens is 506 g/mol. The molecule has 3 aromatic carbocycles. The summed E-state index contributed by atoms with van der Waals surface area (Å²) in [5.74, 6) is 2.21. The van der Waals surface area contributed by atoms with E-state index in [0.717, 1.165) is 33.8 Å². The standard InChI is InChI=1S/C18H19N5O.C11H12N4O/c1-24-16-10-6-5-9-14(16)12-20-18(19)21-17-11-15(22-23-17)13-7-3-2-4-8-13;1-16-11(12)13-10-7-9(14-15-10)8-5-3-2-4-6-8/h2-11H,12H2,1H3,(H4,19,20,21,22,23);2-7H,1H3,(H3,12,13,14,15). The molecule has 0 atom stereocenters. The van der Waals surface area contributed by atoms with Gasteiger partial charge in [0.05, 0.1) is 32.2 Å². The van der Waals surface area contributed by atoms with Crippen LogP contribution in [-0.4, -0.2) is 46.6 Å². The number of para-hydroxylation sites is 1. The van der Waals surface area contributed by atoms with Crippen LogP contribution in [0.5, 0.6) is 5.75 Å². The summed E-state index contributed by atoms with van der Waals surface area (Å²) in [4.78, 5) is 8.28. The number of anilines is 1. The van der Waals surface area contributed by atoms with Crippen LogP contribution in [0.1, 0.15) is 5.56 Å². The van der Waals surface area contributed by atoms with Gasteiger partial charge >= 0.3 is 0 Å². The molecule has 2 heterocycles. The quantitative estimate of drug-likeness (QED) is 0.148. The van der Waals surface area contributed by atoms with E-state index < -0.39 is 0 Å². The lowest BCUT2D eigenvalue weighted by molar-refractivity contribution is 0.397. The number of nitrogens with zero attached hydrogens (tertiary/aromatic N) is 4. The molecule has 0 saturated carbocycles. The van der Waals surface area contributed by atoms with Crippen LogP contribution in [0.4, 0.5) is 11.6 Å². The lowest BCUT2D eigenvalue weighted by Crippen LogP contribution is -2.22. The first-order valence-corrected chi connectivity index (χ1v) is 12.3. The molecule has 5 aromatic rings. The Bertz CT molecular complexity index is 1540. The van der Waals surface area contributed by atoms with E-state index in [9.17, 15) is 0 Å². The van der Waals surface area contributed by atoms with Crippen LogP contribution in [0.2, 0.25) is 0 Å². The second kappa shape index (κ2) is 13.8. The molecule has 0 spiro atoms. The van der Waals surface area contributed by atoms with Crippen LogP contribution in [0.15, 0.2) is 107 Å². The third-order valence-corrected chi connectivity index (χ3v) is 5.61. The summed E-state index contributed by atoms with van der Waals surface area (Å²) >= 11 is 0. The topological polar surface area (TPSA) is 165 Å². The summed E-state index contributed by atoms with van der Waals surface area (Å²) in [5.41, 5.74) is 16.2. The lowest BCUT2D eigenvalue weighted by atomic mass is 10.2. The number of ether oxygens (including phenoxy) is 2. The number of hydrogen-bond donors (Lipinski definition) is 5. The van der Waals surface area contributed by atoms with Crippen molar-refractivity contribution in [2.75, 3.05) is 19.5 Å². The van der Waals surface area contributed by atoms with Crippen molar-refractivity contribution in [1.29, 1.82) is 0 Å². The fourth-order valence-electron chi connectivity index (χ4n) is 3.62. The molecule has 40 heavy (non-hydrogen) atoms. The van der Waals surface area contributed by atoms with E-state index in [-0.39, 0.29) is 6.02 Å². The molecule has 0 radical (unpaired) electrons. The Balaban J connectivity index is 0.000000201. The zero-order valence-electron chi connectivity index (χ0n) is 22.2. The van der Waals surface area contributed by atoms with Gasteiger partial charge in [0.15, 0.2) is 17.6 Å². The van der Waals surface area contributed by atoms with Crippen LogP contribution in [0, 0.1) is 0 Å². The monoisotopic (exact) mass is 537 g/mol. The van der Waals surface area contributed by atoms with Crippen molar-refractivity contribution in [2.45, 2.75) is 6.54 Å². The van der Waals surface area contributed by atoms with Crippen molar-refractivity contribution in [1.82, 2.24) is 20.4 Å². The predicted octanol–water partition coefficient (Wildman–Crippen LogP) is 4.68. The van der Waals surface area contributed by atoms with Gasteiger partial charge in [0.2, 0.25) is 0 Å².